The zero-order chi connectivity index (χ0) is 10.6. The molecule has 0 fully saturated rings. The molecule has 0 aliphatic rings. The Balaban J connectivity index is 2.97. The fourth-order valence-corrected chi connectivity index (χ4v) is 1.40. The number of nitrogens with zero attached hydrogens (tertiary/aromatic N) is 1. The molecule has 1 aromatic rings. The minimum Gasteiger partial charge on any atom is -0.396 e. The molecule has 1 N–H and O–H groups in total. The second-order valence-electron chi connectivity index (χ2n) is 2.86. The number of hydrogen-bond acceptors (Lipinski definition) is 3. The fraction of sp³-hybridized carbons (Fsp3) is 0.333. The van der Waals surface area contributed by atoms with Gasteiger partial charge in [-0.2, -0.15) is 0 Å². The summed E-state index contributed by atoms with van der Waals surface area (Å²) >= 11 is 5.72. The van der Waals surface area contributed by atoms with E-state index >= 15 is 0 Å². The highest BCUT2D eigenvalue weighted by Gasteiger charge is 2.12. The largest absolute Gasteiger partial charge is 0.396 e. The molecule has 0 radical (unpaired) electrons. The molecule has 0 saturated heterocycles. The van der Waals surface area contributed by atoms with Crippen LogP contribution in [0.2, 0.25) is 5.02 Å². The van der Waals surface area contributed by atoms with E-state index in [1.54, 1.807) is 6.07 Å². The summed E-state index contributed by atoms with van der Waals surface area (Å²) in [4.78, 5) is 10.2. The summed E-state index contributed by atoms with van der Waals surface area (Å²) in [6.07, 6.45) is 0.967. The molecule has 0 atom stereocenters. The molecule has 0 amide bonds. The number of halogens is 1. The first-order valence-electron chi connectivity index (χ1n) is 4.19. The first kappa shape index (κ1) is 10.9. The number of aliphatic hydroxyl groups is 1. The lowest BCUT2D eigenvalue weighted by Gasteiger charge is -2.01. The van der Waals surface area contributed by atoms with Crippen LogP contribution in [0.1, 0.15) is 12.0 Å². The van der Waals surface area contributed by atoms with Crippen LogP contribution in [0.5, 0.6) is 0 Å². The highest BCUT2D eigenvalue weighted by atomic mass is 35.5. The number of hydrogen-bond donors (Lipinski definition) is 1. The van der Waals surface area contributed by atoms with Gasteiger partial charge in [0.25, 0.3) is 5.69 Å². The molecule has 0 bridgehead atoms. The normalized spacial score (nSPS) is 10.1. The lowest BCUT2D eigenvalue weighted by molar-refractivity contribution is -0.385. The van der Waals surface area contributed by atoms with Crippen molar-refractivity contribution in [1.82, 2.24) is 0 Å². The number of rotatable bonds is 4. The number of nitro groups is 1. The van der Waals surface area contributed by atoms with E-state index < -0.39 is 4.92 Å². The van der Waals surface area contributed by atoms with Gasteiger partial charge in [0.15, 0.2) is 0 Å². The van der Waals surface area contributed by atoms with Gasteiger partial charge in [-0.1, -0.05) is 11.6 Å². The monoisotopic (exact) mass is 215 g/mol. The van der Waals surface area contributed by atoms with Crippen molar-refractivity contribution in [2.24, 2.45) is 0 Å². The molecule has 1 rings (SSSR count). The Morgan fingerprint density at radius 3 is 2.79 bits per heavy atom. The Hall–Kier alpha value is -1.13. The molecule has 5 heteroatoms. The number of aliphatic hydroxyl groups excluding tert-OH is 1. The van der Waals surface area contributed by atoms with Crippen LogP contribution in [0.25, 0.3) is 0 Å². The molecule has 0 spiro atoms. The molecule has 14 heavy (non-hydrogen) atoms. The topological polar surface area (TPSA) is 63.4 Å². The van der Waals surface area contributed by atoms with Crippen molar-refractivity contribution in [3.05, 3.63) is 38.9 Å². The second-order valence-corrected chi connectivity index (χ2v) is 3.29. The van der Waals surface area contributed by atoms with Gasteiger partial charge < -0.3 is 5.11 Å². The SMILES string of the molecule is O=[N+]([O-])c1ccc(Cl)cc1CCCO. The van der Waals surface area contributed by atoms with Gasteiger partial charge in [0, 0.05) is 23.3 Å². The predicted octanol–water partition coefficient (Wildman–Crippen LogP) is 2.17. The van der Waals surface area contributed by atoms with Gasteiger partial charge in [-0.15, -0.1) is 0 Å². The highest BCUT2D eigenvalue weighted by molar-refractivity contribution is 6.30. The van der Waals surface area contributed by atoms with E-state index in [9.17, 15) is 10.1 Å². The first-order chi connectivity index (χ1) is 6.65. The van der Waals surface area contributed by atoms with Crippen molar-refractivity contribution in [2.45, 2.75) is 12.8 Å². The average Bonchev–Trinajstić information content (AvgIpc) is 2.14. The van der Waals surface area contributed by atoms with Crippen LogP contribution in [-0.4, -0.2) is 16.6 Å². The lowest BCUT2D eigenvalue weighted by Crippen LogP contribution is -1.97. The Morgan fingerprint density at radius 2 is 2.21 bits per heavy atom. The molecule has 0 aromatic heterocycles. The van der Waals surface area contributed by atoms with Crippen molar-refractivity contribution < 1.29 is 10.0 Å². The summed E-state index contributed by atoms with van der Waals surface area (Å²) in [7, 11) is 0. The highest BCUT2D eigenvalue weighted by Crippen LogP contribution is 2.23. The maximum Gasteiger partial charge on any atom is 0.272 e. The van der Waals surface area contributed by atoms with Crippen molar-refractivity contribution in [3.63, 3.8) is 0 Å². The van der Waals surface area contributed by atoms with E-state index in [4.69, 9.17) is 16.7 Å². The third-order valence-corrected chi connectivity index (χ3v) is 2.08. The summed E-state index contributed by atoms with van der Waals surface area (Å²) in [5.74, 6) is 0. The minimum absolute atomic E-state index is 0.0175. The van der Waals surface area contributed by atoms with Crippen LogP contribution >= 0.6 is 11.6 Å². The maximum absolute atomic E-state index is 10.6. The minimum atomic E-state index is -0.441. The van der Waals surface area contributed by atoms with Crippen LogP contribution in [0.3, 0.4) is 0 Å². The van der Waals surface area contributed by atoms with E-state index in [0.29, 0.717) is 23.4 Å². The van der Waals surface area contributed by atoms with E-state index in [1.165, 1.54) is 12.1 Å². The molecule has 0 heterocycles. The van der Waals surface area contributed by atoms with Crippen molar-refractivity contribution in [1.29, 1.82) is 0 Å². The van der Waals surface area contributed by atoms with Gasteiger partial charge in [0.1, 0.15) is 0 Å². The predicted molar refractivity (Wildman–Crippen MR) is 53.5 cm³/mol. The molecular formula is C9H10ClNO3. The third-order valence-electron chi connectivity index (χ3n) is 1.84. The summed E-state index contributed by atoms with van der Waals surface area (Å²) in [5, 5.41) is 19.7. The molecule has 0 saturated carbocycles. The van der Waals surface area contributed by atoms with Crippen LogP contribution in [0.15, 0.2) is 18.2 Å². The van der Waals surface area contributed by atoms with Crippen LogP contribution in [0, 0.1) is 10.1 Å². The number of aryl methyl sites for hydroxylation is 1. The number of nitro benzene ring substituents is 1. The van der Waals surface area contributed by atoms with Gasteiger partial charge >= 0.3 is 0 Å². The van der Waals surface area contributed by atoms with Crippen LogP contribution in [0.4, 0.5) is 5.69 Å². The quantitative estimate of drug-likeness (QED) is 0.619. The summed E-state index contributed by atoms with van der Waals surface area (Å²) < 4.78 is 0. The summed E-state index contributed by atoms with van der Waals surface area (Å²) in [5.41, 5.74) is 0.624. The fourth-order valence-electron chi connectivity index (χ4n) is 1.20. The second kappa shape index (κ2) is 4.93. The smallest absolute Gasteiger partial charge is 0.272 e. The Kier molecular flexibility index (Phi) is 3.85. The Morgan fingerprint density at radius 1 is 1.50 bits per heavy atom. The van der Waals surface area contributed by atoms with Gasteiger partial charge in [0.2, 0.25) is 0 Å². The van der Waals surface area contributed by atoms with E-state index in [1.807, 2.05) is 0 Å². The van der Waals surface area contributed by atoms with Crippen molar-refractivity contribution in [3.8, 4) is 0 Å². The molecule has 0 aliphatic heterocycles. The zero-order valence-corrected chi connectivity index (χ0v) is 8.20. The van der Waals surface area contributed by atoms with Crippen LogP contribution < -0.4 is 0 Å². The van der Waals surface area contributed by atoms with E-state index in [-0.39, 0.29) is 12.3 Å². The van der Waals surface area contributed by atoms with Gasteiger partial charge in [0.05, 0.1) is 4.92 Å². The van der Waals surface area contributed by atoms with Crippen molar-refractivity contribution in [2.75, 3.05) is 6.61 Å². The Labute approximate surface area is 86.3 Å². The summed E-state index contributed by atoms with van der Waals surface area (Å²) in [6, 6.07) is 4.44. The summed E-state index contributed by atoms with van der Waals surface area (Å²) in [6.45, 7) is 0.0175. The Bertz CT molecular complexity index is 341. The van der Waals surface area contributed by atoms with E-state index in [2.05, 4.69) is 0 Å². The first-order valence-corrected chi connectivity index (χ1v) is 4.56. The molecule has 0 aliphatic carbocycles. The van der Waals surface area contributed by atoms with Gasteiger partial charge in [-0.25, -0.2) is 0 Å². The molecule has 4 nitrogen and oxygen atoms in total. The maximum atomic E-state index is 10.6. The van der Waals surface area contributed by atoms with E-state index in [0.717, 1.165) is 0 Å². The van der Waals surface area contributed by atoms with Gasteiger partial charge in [-0.05, 0) is 25.0 Å². The standard InChI is InChI=1S/C9H10ClNO3/c10-8-3-4-9(11(13)14)7(6-8)2-1-5-12/h3-4,6,12H,1-2,5H2. The molecule has 1 aromatic carbocycles. The molecule has 76 valence electrons. The van der Waals surface area contributed by atoms with Gasteiger partial charge in [-0.3, -0.25) is 10.1 Å². The average molecular weight is 216 g/mol. The molecule has 0 unspecified atom stereocenters. The third kappa shape index (κ3) is 2.68. The lowest BCUT2D eigenvalue weighted by atomic mass is 10.1. The zero-order valence-electron chi connectivity index (χ0n) is 7.44. The van der Waals surface area contributed by atoms with Crippen LogP contribution in [-0.2, 0) is 6.42 Å². The number of benzene rings is 1. The van der Waals surface area contributed by atoms with Crippen molar-refractivity contribution >= 4 is 17.3 Å². The molecular weight excluding hydrogens is 206 g/mol.